The van der Waals surface area contributed by atoms with Gasteiger partial charge in [0.05, 0.1) is 8.07 Å². The van der Waals surface area contributed by atoms with E-state index in [1.807, 2.05) is 0 Å². The number of hydrogen-bond donors (Lipinski definition) is 0. The molecule has 0 aromatic heterocycles. The second-order valence-corrected chi connectivity index (χ2v) is 24.1. The monoisotopic (exact) mass is 400 g/mol. The predicted molar refractivity (Wildman–Crippen MR) is 103 cm³/mol. The summed E-state index contributed by atoms with van der Waals surface area (Å²) in [6, 6.07) is 0. The Hall–Kier alpha value is 0.628. The van der Waals surface area contributed by atoms with E-state index >= 15 is 0 Å². The molecular weight excluding hydrogens is 364 g/mol. The highest BCUT2D eigenvalue weighted by Gasteiger charge is 2.51. The van der Waals surface area contributed by atoms with Gasteiger partial charge in [-0.15, -0.1) is 0 Å². The van der Waals surface area contributed by atoms with Gasteiger partial charge in [-0.2, -0.15) is 0 Å². The topological polar surface area (TPSA) is 55.4 Å². The molecular formula is C13H36O6Si4. The van der Waals surface area contributed by atoms with Gasteiger partial charge >= 0.3 is 25.7 Å². The van der Waals surface area contributed by atoms with E-state index < -0.39 is 33.8 Å². The van der Waals surface area contributed by atoms with Crippen molar-refractivity contribution in [3.63, 3.8) is 0 Å². The summed E-state index contributed by atoms with van der Waals surface area (Å²) in [4.78, 5) is 0. The van der Waals surface area contributed by atoms with Gasteiger partial charge < -0.3 is 26.6 Å². The molecule has 0 saturated heterocycles. The summed E-state index contributed by atoms with van der Waals surface area (Å²) in [5, 5.41) is 0. The maximum Gasteiger partial charge on any atom is 0.331 e. The Morgan fingerprint density at radius 1 is 0.435 bits per heavy atom. The average Bonchev–Trinajstić information content (AvgIpc) is 2.53. The first-order chi connectivity index (χ1) is 10.5. The Kier molecular flexibility index (Phi) is 9.62. The second-order valence-electron chi connectivity index (χ2n) is 6.97. The molecule has 0 heterocycles. The van der Waals surface area contributed by atoms with Crippen molar-refractivity contribution in [2.45, 2.75) is 43.2 Å². The van der Waals surface area contributed by atoms with Gasteiger partial charge in [0.25, 0.3) is 0 Å². The molecule has 0 aromatic rings. The summed E-state index contributed by atoms with van der Waals surface area (Å²) in [5.74, 6) is 0. The largest absolute Gasteiger partial charge is 0.398 e. The highest BCUT2D eigenvalue weighted by molar-refractivity contribution is 7.03. The van der Waals surface area contributed by atoms with Crippen LogP contribution in [0.25, 0.3) is 0 Å². The van der Waals surface area contributed by atoms with E-state index in [0.29, 0.717) is 0 Å². The minimum atomic E-state index is -2.20. The zero-order valence-corrected chi connectivity index (χ0v) is 20.6. The third kappa shape index (κ3) is 7.18. The lowest BCUT2D eigenvalue weighted by Gasteiger charge is -2.41. The van der Waals surface area contributed by atoms with Crippen LogP contribution in [0.4, 0.5) is 0 Å². The molecule has 0 unspecified atom stereocenters. The molecule has 0 N–H and O–H groups in total. The van der Waals surface area contributed by atoms with Crippen LogP contribution < -0.4 is 0 Å². The fraction of sp³-hybridized carbons (Fsp3) is 1.00. The molecule has 23 heavy (non-hydrogen) atoms. The summed E-state index contributed by atoms with van der Waals surface area (Å²) < 4.78 is 34.6. The van der Waals surface area contributed by atoms with Crippen molar-refractivity contribution >= 4 is 33.8 Å². The molecule has 0 aliphatic heterocycles. The van der Waals surface area contributed by atoms with Gasteiger partial charge in [0.15, 0.2) is 0 Å². The Morgan fingerprint density at radius 2 is 0.609 bits per heavy atom. The quantitative estimate of drug-likeness (QED) is 0.470. The first kappa shape index (κ1) is 23.6. The van der Waals surface area contributed by atoms with Gasteiger partial charge in [0.1, 0.15) is 0 Å². The van der Waals surface area contributed by atoms with Crippen molar-refractivity contribution in [3.8, 4) is 0 Å². The van der Waals surface area contributed by atoms with E-state index in [2.05, 4.69) is 26.2 Å². The van der Waals surface area contributed by atoms with Gasteiger partial charge in [0, 0.05) is 42.7 Å². The van der Waals surface area contributed by atoms with Crippen LogP contribution in [0, 0.1) is 0 Å². The summed E-state index contributed by atoms with van der Waals surface area (Å²) in [6.45, 7) is 8.74. The minimum absolute atomic E-state index is 0.970. The third-order valence-corrected chi connectivity index (χ3v) is 28.0. The lowest BCUT2D eigenvalue weighted by Crippen LogP contribution is -2.57. The number of rotatable bonds is 12. The van der Waals surface area contributed by atoms with Crippen LogP contribution in [-0.2, 0) is 26.6 Å². The van der Waals surface area contributed by atoms with Crippen molar-refractivity contribution < 1.29 is 26.6 Å². The zero-order valence-electron chi connectivity index (χ0n) is 16.6. The van der Waals surface area contributed by atoms with Crippen LogP contribution in [0.2, 0.25) is 43.2 Å². The Morgan fingerprint density at radius 3 is 0.739 bits per heavy atom. The molecule has 6 nitrogen and oxygen atoms in total. The van der Waals surface area contributed by atoms with E-state index in [-0.39, 0.29) is 0 Å². The first-order valence-electron chi connectivity index (χ1n) is 7.80. The summed E-state index contributed by atoms with van der Waals surface area (Å²) >= 11 is 0. The zero-order chi connectivity index (χ0) is 18.4. The van der Waals surface area contributed by atoms with Gasteiger partial charge in [-0.25, -0.2) is 0 Å². The van der Waals surface area contributed by atoms with E-state index in [1.165, 1.54) is 0 Å². The van der Waals surface area contributed by atoms with Crippen LogP contribution in [0.3, 0.4) is 0 Å². The molecule has 10 heteroatoms. The van der Waals surface area contributed by atoms with Gasteiger partial charge in [-0.3, -0.25) is 0 Å². The second kappa shape index (κ2) is 9.36. The molecule has 0 aliphatic rings. The van der Waals surface area contributed by atoms with E-state index in [1.54, 1.807) is 42.7 Å². The normalized spacial score (nSPS) is 14.3. The Balaban J connectivity index is 5.59. The Labute approximate surface area is 146 Å². The first-order valence-corrected chi connectivity index (χ1v) is 18.5. The fourth-order valence-electron chi connectivity index (χ4n) is 3.20. The molecule has 0 atom stereocenters. The van der Waals surface area contributed by atoms with E-state index in [4.69, 9.17) is 26.6 Å². The maximum absolute atomic E-state index is 5.77. The molecule has 0 amide bonds. The van der Waals surface area contributed by atoms with Gasteiger partial charge in [-0.1, -0.05) is 6.55 Å². The highest BCUT2D eigenvalue weighted by Crippen LogP contribution is 2.35. The van der Waals surface area contributed by atoms with Crippen LogP contribution >= 0.6 is 0 Å². The molecule has 0 aliphatic carbocycles. The van der Waals surface area contributed by atoms with Crippen LogP contribution in [-0.4, -0.2) is 76.4 Å². The van der Waals surface area contributed by atoms with Crippen molar-refractivity contribution in [2.75, 3.05) is 42.7 Å². The molecule has 0 spiro atoms. The number of hydrogen-bond acceptors (Lipinski definition) is 6. The van der Waals surface area contributed by atoms with Crippen molar-refractivity contribution in [1.29, 1.82) is 0 Å². The minimum Gasteiger partial charge on any atom is -0.398 e. The smallest absolute Gasteiger partial charge is 0.331 e. The summed E-state index contributed by atoms with van der Waals surface area (Å²) in [7, 11) is 2.04. The summed E-state index contributed by atoms with van der Waals surface area (Å²) in [6.07, 6.45) is 0. The lowest BCUT2D eigenvalue weighted by atomic mass is 11.7. The fourth-order valence-corrected chi connectivity index (χ4v) is 30.6. The molecule has 140 valence electrons. The van der Waals surface area contributed by atoms with Crippen LogP contribution in [0.5, 0.6) is 0 Å². The summed E-state index contributed by atoms with van der Waals surface area (Å²) in [5.41, 5.74) is 2.91. The van der Waals surface area contributed by atoms with Gasteiger partial charge in [-0.05, 0) is 36.6 Å². The van der Waals surface area contributed by atoms with Crippen molar-refractivity contribution in [3.05, 3.63) is 0 Å². The predicted octanol–water partition coefficient (Wildman–Crippen LogP) is 2.78. The SMILES string of the molecule is CO[Si](C)(C[Si](C)(C[Si](C)(OC)OC)C[Si](C)(OC)OC)OC. The van der Waals surface area contributed by atoms with Crippen LogP contribution in [0.15, 0.2) is 0 Å². The highest BCUT2D eigenvalue weighted by atomic mass is 28.5. The lowest BCUT2D eigenvalue weighted by molar-refractivity contribution is 0.249. The molecule has 0 saturated carbocycles. The Bertz CT molecular complexity index is 295. The molecule has 0 rings (SSSR count). The molecule has 0 radical (unpaired) electrons. The average molecular weight is 401 g/mol. The maximum atomic E-state index is 5.77. The van der Waals surface area contributed by atoms with E-state index in [0.717, 1.165) is 17.0 Å². The van der Waals surface area contributed by atoms with Gasteiger partial charge in [0.2, 0.25) is 0 Å². The molecule has 0 aromatic carbocycles. The molecule has 0 bridgehead atoms. The standard InChI is InChI=1S/C13H36O6Si4/c1-14-21(8,15-2)11-20(7,12-22(9,16-3)17-4)13-23(10,18-5)19-6/h11-13H2,1-10H3. The van der Waals surface area contributed by atoms with Crippen molar-refractivity contribution in [2.24, 2.45) is 0 Å². The van der Waals surface area contributed by atoms with Crippen molar-refractivity contribution in [1.82, 2.24) is 0 Å². The third-order valence-electron chi connectivity index (χ3n) is 4.83. The van der Waals surface area contributed by atoms with E-state index in [9.17, 15) is 0 Å². The van der Waals surface area contributed by atoms with Crippen LogP contribution in [0.1, 0.15) is 0 Å². The molecule has 0 fully saturated rings.